The number of hydrogen-bond donors (Lipinski definition) is 0. The lowest BCUT2D eigenvalue weighted by molar-refractivity contribution is 0.0983. The predicted molar refractivity (Wildman–Crippen MR) is 152 cm³/mol. The zero-order chi connectivity index (χ0) is 26.0. The number of thiazole rings is 1. The molecule has 0 N–H and O–H groups in total. The normalized spacial score (nSPS) is 15.6. The van der Waals surface area contributed by atoms with Crippen LogP contribution in [0.15, 0.2) is 41.3 Å². The Balaban J connectivity index is 0.00000336. The first kappa shape index (κ1) is 28.6. The molecule has 38 heavy (non-hydrogen) atoms. The summed E-state index contributed by atoms with van der Waals surface area (Å²) in [6, 6.07) is 10.0. The minimum absolute atomic E-state index is 0. The zero-order valence-electron chi connectivity index (χ0n) is 21.6. The second-order valence-corrected chi connectivity index (χ2v) is 12.1. The number of nitrogens with zero attached hydrogens (tertiary/aromatic N) is 4. The smallest absolute Gasteiger partial charge is 0.260 e. The van der Waals surface area contributed by atoms with Crippen LogP contribution in [-0.4, -0.2) is 74.6 Å². The van der Waals surface area contributed by atoms with Gasteiger partial charge in [0, 0.05) is 43.9 Å². The van der Waals surface area contributed by atoms with Gasteiger partial charge in [0.2, 0.25) is 16.8 Å². The SMILES string of the molecule is CCN(CC)CCN(C(=O)c1ccc(S(=O)(=O)N2CCCCC2)cc1)c1nc2cc3c(cc2s1)OCO3.Cl. The highest BCUT2D eigenvalue weighted by Crippen LogP contribution is 2.40. The highest BCUT2D eigenvalue weighted by atomic mass is 35.5. The standard InChI is InChI=1S/C26H32N4O5S2.ClH/c1-3-28(4-2)14-15-30(26-27-21-16-22-23(35-18-34-22)17-24(21)36-26)25(31)19-8-10-20(11-9-19)37(32,33)29-12-6-5-7-13-29;/h8-11,16-17H,3-7,12-15,18H2,1-2H3;1H. The summed E-state index contributed by atoms with van der Waals surface area (Å²) in [5, 5.41) is 0.584. The number of amides is 1. The molecule has 1 aromatic heterocycles. The number of ether oxygens (including phenoxy) is 2. The van der Waals surface area contributed by atoms with Gasteiger partial charge in [-0.3, -0.25) is 9.69 Å². The summed E-state index contributed by atoms with van der Waals surface area (Å²) in [5.74, 6) is 1.11. The molecule has 12 heteroatoms. The van der Waals surface area contributed by atoms with Crippen LogP contribution in [0.2, 0.25) is 0 Å². The number of aromatic nitrogens is 1. The number of sulfonamides is 1. The quantitative estimate of drug-likeness (QED) is 0.365. The van der Waals surface area contributed by atoms with Gasteiger partial charge in [0.25, 0.3) is 5.91 Å². The van der Waals surface area contributed by atoms with E-state index < -0.39 is 10.0 Å². The molecule has 2 aliphatic heterocycles. The van der Waals surface area contributed by atoms with E-state index >= 15 is 0 Å². The van der Waals surface area contributed by atoms with E-state index in [4.69, 9.17) is 14.5 Å². The van der Waals surface area contributed by atoms with Crippen LogP contribution in [0.3, 0.4) is 0 Å². The van der Waals surface area contributed by atoms with Crippen LogP contribution in [0.5, 0.6) is 11.5 Å². The van der Waals surface area contributed by atoms with E-state index in [1.165, 1.54) is 27.8 Å². The Morgan fingerprint density at radius 3 is 2.32 bits per heavy atom. The molecule has 0 bridgehead atoms. The van der Waals surface area contributed by atoms with Gasteiger partial charge < -0.3 is 14.4 Å². The molecule has 0 aliphatic carbocycles. The maximum atomic E-state index is 13.7. The van der Waals surface area contributed by atoms with Gasteiger partial charge in [-0.1, -0.05) is 31.6 Å². The van der Waals surface area contributed by atoms with Crippen molar-refractivity contribution in [3.63, 3.8) is 0 Å². The predicted octanol–water partition coefficient (Wildman–Crippen LogP) is 4.61. The maximum absolute atomic E-state index is 13.7. The molecule has 0 spiro atoms. The average Bonchev–Trinajstić information content (AvgIpc) is 3.56. The number of benzene rings is 2. The van der Waals surface area contributed by atoms with Crippen molar-refractivity contribution in [2.75, 3.05) is 51.0 Å². The number of carbonyl (C=O) groups excluding carboxylic acids is 1. The van der Waals surface area contributed by atoms with Crippen LogP contribution in [0.1, 0.15) is 43.5 Å². The molecule has 1 saturated heterocycles. The molecule has 2 aliphatic rings. The van der Waals surface area contributed by atoms with Crippen molar-refractivity contribution < 1.29 is 22.7 Å². The second-order valence-electron chi connectivity index (χ2n) is 9.14. The van der Waals surface area contributed by atoms with E-state index in [-0.39, 0.29) is 30.0 Å². The zero-order valence-corrected chi connectivity index (χ0v) is 24.0. The van der Waals surface area contributed by atoms with Gasteiger partial charge in [-0.2, -0.15) is 4.31 Å². The topological polar surface area (TPSA) is 92.3 Å². The van der Waals surface area contributed by atoms with Gasteiger partial charge in [0.15, 0.2) is 16.6 Å². The minimum Gasteiger partial charge on any atom is -0.454 e. The van der Waals surface area contributed by atoms with E-state index in [2.05, 4.69) is 18.7 Å². The lowest BCUT2D eigenvalue weighted by Crippen LogP contribution is -2.39. The molecule has 0 saturated carbocycles. The number of piperidine rings is 1. The molecular formula is C26H33ClN4O5S2. The Morgan fingerprint density at radius 2 is 1.66 bits per heavy atom. The molecule has 0 radical (unpaired) electrons. The fourth-order valence-electron chi connectivity index (χ4n) is 4.67. The molecule has 5 rings (SSSR count). The Bertz CT molecular complexity index is 1330. The molecule has 206 valence electrons. The second kappa shape index (κ2) is 12.2. The maximum Gasteiger partial charge on any atom is 0.260 e. The van der Waals surface area contributed by atoms with Crippen molar-refractivity contribution in [2.24, 2.45) is 0 Å². The van der Waals surface area contributed by atoms with Crippen LogP contribution in [0.25, 0.3) is 10.2 Å². The third-order valence-electron chi connectivity index (χ3n) is 6.94. The number of likely N-dealkylation sites (N-methyl/N-ethyl adjacent to an activating group) is 1. The van der Waals surface area contributed by atoms with Crippen LogP contribution in [0.4, 0.5) is 5.13 Å². The molecule has 1 fully saturated rings. The van der Waals surface area contributed by atoms with Crippen molar-refractivity contribution in [3.05, 3.63) is 42.0 Å². The average molecular weight is 581 g/mol. The highest BCUT2D eigenvalue weighted by Gasteiger charge is 2.27. The molecule has 9 nitrogen and oxygen atoms in total. The van der Waals surface area contributed by atoms with Crippen LogP contribution < -0.4 is 14.4 Å². The largest absolute Gasteiger partial charge is 0.454 e. The fraction of sp³-hybridized carbons (Fsp3) is 0.462. The van der Waals surface area contributed by atoms with Crippen molar-refractivity contribution in [2.45, 2.75) is 38.0 Å². The molecule has 3 heterocycles. The van der Waals surface area contributed by atoms with Crippen LogP contribution in [0, 0.1) is 0 Å². The van der Waals surface area contributed by atoms with Gasteiger partial charge in [-0.25, -0.2) is 13.4 Å². The number of rotatable bonds is 9. The number of anilines is 1. The van der Waals surface area contributed by atoms with Gasteiger partial charge in [0.1, 0.15) is 0 Å². The first-order chi connectivity index (χ1) is 17.9. The Hall–Kier alpha value is -2.44. The number of halogens is 1. The van der Waals surface area contributed by atoms with E-state index in [9.17, 15) is 13.2 Å². The summed E-state index contributed by atoms with van der Waals surface area (Å²) < 4.78 is 39.5. The van der Waals surface area contributed by atoms with Gasteiger partial charge in [-0.05, 0) is 50.2 Å². The van der Waals surface area contributed by atoms with Gasteiger partial charge >= 0.3 is 0 Å². The molecule has 2 aromatic carbocycles. The lowest BCUT2D eigenvalue weighted by Gasteiger charge is -2.26. The van der Waals surface area contributed by atoms with Gasteiger partial charge in [0.05, 0.1) is 15.1 Å². The summed E-state index contributed by atoms with van der Waals surface area (Å²) in [6.45, 7) is 8.37. The summed E-state index contributed by atoms with van der Waals surface area (Å²) >= 11 is 1.42. The van der Waals surface area contributed by atoms with E-state index in [1.54, 1.807) is 17.0 Å². The van der Waals surface area contributed by atoms with E-state index in [1.807, 2.05) is 12.1 Å². The van der Waals surface area contributed by atoms with Crippen LogP contribution >= 0.6 is 23.7 Å². The number of carbonyl (C=O) groups is 1. The number of hydrogen-bond acceptors (Lipinski definition) is 8. The van der Waals surface area contributed by atoms with Crippen LogP contribution in [-0.2, 0) is 10.0 Å². The lowest BCUT2D eigenvalue weighted by atomic mass is 10.2. The van der Waals surface area contributed by atoms with Crippen molar-refractivity contribution in [3.8, 4) is 11.5 Å². The van der Waals surface area contributed by atoms with Gasteiger partial charge in [-0.15, -0.1) is 12.4 Å². The fourth-order valence-corrected chi connectivity index (χ4v) is 7.18. The summed E-state index contributed by atoms with van der Waals surface area (Å²) in [5.41, 5.74) is 1.17. The Morgan fingerprint density at radius 1 is 1.00 bits per heavy atom. The monoisotopic (exact) mass is 580 g/mol. The molecule has 0 unspecified atom stereocenters. The third kappa shape index (κ3) is 5.76. The van der Waals surface area contributed by atoms with Crippen molar-refractivity contribution in [1.29, 1.82) is 0 Å². The highest BCUT2D eigenvalue weighted by molar-refractivity contribution is 7.89. The summed E-state index contributed by atoms with van der Waals surface area (Å²) in [6.07, 6.45) is 2.80. The first-order valence-corrected chi connectivity index (χ1v) is 15.0. The summed E-state index contributed by atoms with van der Waals surface area (Å²) in [4.78, 5) is 22.6. The molecular weight excluding hydrogens is 548 g/mol. The van der Waals surface area contributed by atoms with E-state index in [0.29, 0.717) is 48.4 Å². The van der Waals surface area contributed by atoms with Crippen molar-refractivity contribution >= 4 is 55.0 Å². The molecule has 3 aromatic rings. The first-order valence-electron chi connectivity index (χ1n) is 12.8. The number of fused-ring (bicyclic) bond motifs is 2. The van der Waals surface area contributed by atoms with E-state index in [0.717, 1.165) is 42.6 Å². The van der Waals surface area contributed by atoms with Crippen molar-refractivity contribution in [1.82, 2.24) is 14.2 Å². The molecule has 0 atom stereocenters. The Labute approximate surface area is 233 Å². The summed E-state index contributed by atoms with van der Waals surface area (Å²) in [7, 11) is -3.56. The molecule has 1 amide bonds. The third-order valence-corrected chi connectivity index (χ3v) is 9.89. The minimum atomic E-state index is -3.56. The Kier molecular flexibility index (Phi) is 9.15.